The summed E-state index contributed by atoms with van der Waals surface area (Å²) < 4.78 is 7.68. The topological polar surface area (TPSA) is 44.1 Å². The molecule has 19 heavy (non-hydrogen) atoms. The van der Waals surface area contributed by atoms with Crippen LogP contribution in [-0.2, 0) is 0 Å². The fourth-order valence-electron chi connectivity index (χ4n) is 1.88. The molecule has 4 nitrogen and oxygen atoms in total. The molecule has 100 valence electrons. The molecule has 1 aromatic heterocycles. The first-order valence-corrected chi connectivity index (χ1v) is 6.76. The van der Waals surface area contributed by atoms with Crippen molar-refractivity contribution in [3.63, 3.8) is 0 Å². The summed E-state index contributed by atoms with van der Waals surface area (Å²) in [4.78, 5) is 12.7. The van der Waals surface area contributed by atoms with E-state index in [0.717, 1.165) is 4.47 Å². The molecule has 0 fully saturated rings. The Morgan fingerprint density at radius 2 is 2.05 bits per heavy atom. The van der Waals surface area contributed by atoms with Crippen LogP contribution in [-0.4, -0.2) is 22.7 Å². The van der Waals surface area contributed by atoms with Gasteiger partial charge in [-0.05, 0) is 26.0 Å². The third-order valence-corrected chi connectivity index (χ3v) is 3.50. The summed E-state index contributed by atoms with van der Waals surface area (Å²) in [7, 11) is 1.54. The van der Waals surface area contributed by atoms with E-state index in [-0.39, 0.29) is 11.8 Å². The molecule has 0 bridgehead atoms. The zero-order valence-electron chi connectivity index (χ0n) is 11.1. The Hall–Kier alpha value is -1.62. The molecule has 0 unspecified atom stereocenters. The molecule has 0 saturated heterocycles. The first-order valence-electron chi connectivity index (χ1n) is 5.97. The average molecular weight is 323 g/mol. The highest BCUT2D eigenvalue weighted by Crippen LogP contribution is 2.27. The highest BCUT2D eigenvalue weighted by atomic mass is 79.9. The number of halogens is 1. The lowest BCUT2D eigenvalue weighted by molar-refractivity contribution is 0.102. The second-order valence-corrected chi connectivity index (χ2v) is 5.26. The van der Waals surface area contributed by atoms with Crippen molar-refractivity contribution >= 4 is 21.7 Å². The molecular weight excluding hydrogens is 308 g/mol. The van der Waals surface area contributed by atoms with Gasteiger partial charge in [-0.3, -0.25) is 9.48 Å². The van der Waals surface area contributed by atoms with Gasteiger partial charge in [-0.2, -0.15) is 5.10 Å². The molecule has 0 aliphatic heterocycles. The zero-order chi connectivity index (χ0) is 14.0. The average Bonchev–Trinajstić information content (AvgIpc) is 2.82. The number of benzene rings is 1. The molecule has 2 rings (SSSR count). The molecule has 1 heterocycles. The van der Waals surface area contributed by atoms with Gasteiger partial charge in [-0.1, -0.05) is 28.1 Å². The predicted molar refractivity (Wildman–Crippen MR) is 76.7 cm³/mol. The van der Waals surface area contributed by atoms with Crippen LogP contribution in [0.25, 0.3) is 0 Å². The second kappa shape index (κ2) is 5.57. The Labute approximate surface area is 120 Å². The molecule has 0 N–H and O–H groups in total. The van der Waals surface area contributed by atoms with Gasteiger partial charge < -0.3 is 4.74 Å². The lowest BCUT2D eigenvalue weighted by Crippen LogP contribution is -2.14. The monoisotopic (exact) mass is 322 g/mol. The zero-order valence-corrected chi connectivity index (χ0v) is 12.6. The summed E-state index contributed by atoms with van der Waals surface area (Å²) >= 11 is 3.40. The molecule has 0 atom stereocenters. The van der Waals surface area contributed by atoms with Crippen LogP contribution in [0.5, 0.6) is 5.75 Å². The van der Waals surface area contributed by atoms with Gasteiger partial charge in [0.05, 0.1) is 13.3 Å². The highest BCUT2D eigenvalue weighted by molar-refractivity contribution is 9.10. The van der Waals surface area contributed by atoms with Crippen molar-refractivity contribution in [1.29, 1.82) is 0 Å². The third-order valence-electron chi connectivity index (χ3n) is 2.80. The van der Waals surface area contributed by atoms with E-state index >= 15 is 0 Å². The van der Waals surface area contributed by atoms with Gasteiger partial charge in [0.15, 0.2) is 11.4 Å². The van der Waals surface area contributed by atoms with Gasteiger partial charge in [0.1, 0.15) is 0 Å². The number of ketones is 1. The maximum atomic E-state index is 12.7. The summed E-state index contributed by atoms with van der Waals surface area (Å²) in [6, 6.07) is 7.42. The van der Waals surface area contributed by atoms with Crippen molar-refractivity contribution in [2.75, 3.05) is 7.11 Å². The van der Waals surface area contributed by atoms with Gasteiger partial charge in [0.2, 0.25) is 5.78 Å². The summed E-state index contributed by atoms with van der Waals surface area (Å²) in [5.41, 5.74) is 1.08. The number of hydrogen-bond acceptors (Lipinski definition) is 3. The molecule has 0 aliphatic carbocycles. The molecule has 0 spiro atoms. The van der Waals surface area contributed by atoms with Gasteiger partial charge >= 0.3 is 0 Å². The number of carbonyl (C=O) groups excluding carboxylic acids is 1. The van der Waals surface area contributed by atoms with Crippen LogP contribution in [0, 0.1) is 0 Å². The van der Waals surface area contributed by atoms with Crippen molar-refractivity contribution in [3.8, 4) is 5.75 Å². The molecule has 2 aromatic rings. The van der Waals surface area contributed by atoms with E-state index in [1.54, 1.807) is 24.1 Å². The minimum Gasteiger partial charge on any atom is -0.493 e. The quantitative estimate of drug-likeness (QED) is 0.809. The number of rotatable bonds is 4. The molecule has 0 radical (unpaired) electrons. The fraction of sp³-hybridized carbons (Fsp3) is 0.286. The lowest BCUT2D eigenvalue weighted by Gasteiger charge is -2.12. The highest BCUT2D eigenvalue weighted by Gasteiger charge is 2.23. The number of aromatic nitrogens is 2. The van der Waals surface area contributed by atoms with Gasteiger partial charge in [-0.25, -0.2) is 0 Å². The van der Waals surface area contributed by atoms with E-state index in [0.29, 0.717) is 17.0 Å². The van der Waals surface area contributed by atoms with Crippen molar-refractivity contribution in [2.45, 2.75) is 19.9 Å². The van der Waals surface area contributed by atoms with Crippen LogP contribution in [0.4, 0.5) is 0 Å². The van der Waals surface area contributed by atoms with Crippen LogP contribution < -0.4 is 4.74 Å². The van der Waals surface area contributed by atoms with Crippen LogP contribution in [0.3, 0.4) is 0 Å². The van der Waals surface area contributed by atoms with E-state index in [1.165, 1.54) is 0 Å². The Morgan fingerprint density at radius 3 is 2.63 bits per heavy atom. The third kappa shape index (κ3) is 2.56. The number of carbonyl (C=O) groups is 1. The number of methoxy groups -OCH3 is 1. The molecule has 0 aliphatic rings. The molecule has 1 aromatic carbocycles. The predicted octanol–water partition coefficient (Wildman–Crippen LogP) is 3.47. The largest absolute Gasteiger partial charge is 0.493 e. The van der Waals surface area contributed by atoms with Crippen LogP contribution in [0.2, 0.25) is 0 Å². The van der Waals surface area contributed by atoms with E-state index in [4.69, 9.17) is 4.74 Å². The normalized spacial score (nSPS) is 10.8. The van der Waals surface area contributed by atoms with E-state index < -0.39 is 0 Å². The fourth-order valence-corrected chi connectivity index (χ4v) is 2.34. The van der Waals surface area contributed by atoms with Crippen molar-refractivity contribution in [3.05, 3.63) is 46.2 Å². The van der Waals surface area contributed by atoms with Crippen molar-refractivity contribution in [2.24, 2.45) is 0 Å². The Balaban J connectivity index is 2.55. The van der Waals surface area contributed by atoms with E-state index in [2.05, 4.69) is 21.0 Å². The first-order chi connectivity index (χ1) is 9.06. The van der Waals surface area contributed by atoms with Crippen LogP contribution in [0.1, 0.15) is 35.9 Å². The van der Waals surface area contributed by atoms with E-state index in [9.17, 15) is 4.79 Å². The molecule has 5 heteroatoms. The maximum absolute atomic E-state index is 12.7. The smallest absolute Gasteiger partial charge is 0.215 e. The standard InChI is InChI=1S/C14H15BrN2O2/c1-9(2)17-13(12(19-3)8-16-17)14(18)10-6-4-5-7-11(10)15/h4-9H,1-3H3. The lowest BCUT2D eigenvalue weighted by atomic mass is 10.1. The number of ether oxygens (including phenoxy) is 1. The maximum Gasteiger partial charge on any atom is 0.215 e. The number of nitrogens with zero attached hydrogens (tertiary/aromatic N) is 2. The van der Waals surface area contributed by atoms with E-state index in [1.807, 2.05) is 32.0 Å². The van der Waals surface area contributed by atoms with Crippen molar-refractivity contribution < 1.29 is 9.53 Å². The Bertz CT molecular complexity index is 605. The SMILES string of the molecule is COc1cnn(C(C)C)c1C(=O)c1ccccc1Br. The summed E-state index contributed by atoms with van der Waals surface area (Å²) in [5, 5.41) is 4.22. The van der Waals surface area contributed by atoms with Crippen LogP contribution >= 0.6 is 15.9 Å². The van der Waals surface area contributed by atoms with Crippen molar-refractivity contribution in [1.82, 2.24) is 9.78 Å². The van der Waals surface area contributed by atoms with Gasteiger partial charge in [0.25, 0.3) is 0 Å². The van der Waals surface area contributed by atoms with Gasteiger partial charge in [0, 0.05) is 16.1 Å². The Morgan fingerprint density at radius 1 is 1.37 bits per heavy atom. The summed E-state index contributed by atoms with van der Waals surface area (Å²) in [5.74, 6) is 0.393. The summed E-state index contributed by atoms with van der Waals surface area (Å²) in [6.45, 7) is 3.95. The van der Waals surface area contributed by atoms with Gasteiger partial charge in [-0.15, -0.1) is 0 Å². The molecule has 0 amide bonds. The minimum atomic E-state index is -0.101. The first kappa shape index (κ1) is 13.8. The molecule has 0 saturated carbocycles. The Kier molecular flexibility index (Phi) is 4.04. The minimum absolute atomic E-state index is 0.0883. The second-order valence-electron chi connectivity index (χ2n) is 4.41. The summed E-state index contributed by atoms with van der Waals surface area (Å²) in [6.07, 6.45) is 1.57. The number of hydrogen-bond donors (Lipinski definition) is 0. The van der Waals surface area contributed by atoms with Crippen LogP contribution in [0.15, 0.2) is 34.9 Å². The molecular formula is C14H15BrN2O2.